The number of hydrogen-bond donors (Lipinski definition) is 0. The smallest absolute Gasteiger partial charge is 0.0936 e. The van der Waals surface area contributed by atoms with Crippen molar-refractivity contribution in [3.05, 3.63) is 36.8 Å². The molecule has 0 amide bonds. The molecular weight excluding hydrogens is 176 g/mol. The molecule has 2 aromatic heterocycles. The van der Waals surface area contributed by atoms with Crippen molar-refractivity contribution in [2.75, 3.05) is 0 Å². The van der Waals surface area contributed by atoms with Crippen molar-refractivity contribution in [1.29, 1.82) is 0 Å². The summed E-state index contributed by atoms with van der Waals surface area (Å²) < 4.78 is 0. The molecular formula is C10H6N4. The van der Waals surface area contributed by atoms with Crippen LogP contribution in [-0.4, -0.2) is 20.4 Å². The topological polar surface area (TPSA) is 51.6 Å². The Labute approximate surface area is 79.6 Å². The first-order valence-electron chi connectivity index (χ1n) is 4.26. The van der Waals surface area contributed by atoms with Gasteiger partial charge < -0.3 is 0 Å². The monoisotopic (exact) mass is 182 g/mol. The minimum atomic E-state index is 0.882. The van der Waals surface area contributed by atoms with Crippen LogP contribution in [-0.2, 0) is 0 Å². The number of rotatable bonds is 0. The quantitative estimate of drug-likeness (QED) is 0.495. The van der Waals surface area contributed by atoms with Crippen LogP contribution in [0.3, 0.4) is 0 Å². The summed E-state index contributed by atoms with van der Waals surface area (Å²) in [5.74, 6) is 0. The van der Waals surface area contributed by atoms with E-state index in [2.05, 4.69) is 20.4 Å². The highest BCUT2D eigenvalue weighted by atomic mass is 15.1. The molecule has 0 spiro atoms. The van der Waals surface area contributed by atoms with E-state index >= 15 is 0 Å². The van der Waals surface area contributed by atoms with Gasteiger partial charge in [-0.25, -0.2) is 0 Å². The summed E-state index contributed by atoms with van der Waals surface area (Å²) in [6.45, 7) is 0. The van der Waals surface area contributed by atoms with E-state index in [1.54, 1.807) is 18.6 Å². The van der Waals surface area contributed by atoms with Gasteiger partial charge in [0, 0.05) is 16.2 Å². The SMILES string of the molecule is c1cc2c(ccc3cnncc32)nn1. The summed E-state index contributed by atoms with van der Waals surface area (Å²) in [6.07, 6.45) is 5.18. The van der Waals surface area contributed by atoms with E-state index < -0.39 is 0 Å². The molecule has 14 heavy (non-hydrogen) atoms. The van der Waals surface area contributed by atoms with Gasteiger partial charge in [-0.1, -0.05) is 6.07 Å². The van der Waals surface area contributed by atoms with Crippen molar-refractivity contribution in [3.63, 3.8) is 0 Å². The zero-order valence-corrected chi connectivity index (χ0v) is 7.25. The fourth-order valence-electron chi connectivity index (χ4n) is 1.55. The zero-order chi connectivity index (χ0) is 9.38. The van der Waals surface area contributed by atoms with E-state index in [0.717, 1.165) is 21.7 Å². The molecule has 0 aliphatic rings. The molecule has 0 aliphatic heterocycles. The van der Waals surface area contributed by atoms with Crippen molar-refractivity contribution < 1.29 is 0 Å². The van der Waals surface area contributed by atoms with Gasteiger partial charge in [0.05, 0.1) is 24.1 Å². The van der Waals surface area contributed by atoms with Crippen LogP contribution in [0.2, 0.25) is 0 Å². The molecule has 3 rings (SSSR count). The van der Waals surface area contributed by atoms with Crippen molar-refractivity contribution in [3.8, 4) is 0 Å². The maximum absolute atomic E-state index is 4.03. The maximum Gasteiger partial charge on any atom is 0.0936 e. The molecule has 3 aromatic rings. The van der Waals surface area contributed by atoms with Crippen LogP contribution in [0.25, 0.3) is 21.7 Å². The van der Waals surface area contributed by atoms with Crippen molar-refractivity contribution in [1.82, 2.24) is 20.4 Å². The highest BCUT2D eigenvalue weighted by Gasteiger charge is 2.00. The third-order valence-corrected chi connectivity index (χ3v) is 2.22. The lowest BCUT2D eigenvalue weighted by Crippen LogP contribution is -1.85. The molecule has 0 aliphatic carbocycles. The van der Waals surface area contributed by atoms with Gasteiger partial charge >= 0.3 is 0 Å². The highest BCUT2D eigenvalue weighted by molar-refractivity contribution is 6.04. The largest absolute Gasteiger partial charge is 0.159 e. The normalized spacial score (nSPS) is 10.9. The predicted molar refractivity (Wildman–Crippen MR) is 52.6 cm³/mol. The maximum atomic E-state index is 4.03. The van der Waals surface area contributed by atoms with E-state index in [9.17, 15) is 0 Å². The Hall–Kier alpha value is -2.10. The van der Waals surface area contributed by atoms with Gasteiger partial charge in [-0.3, -0.25) is 0 Å². The van der Waals surface area contributed by atoms with Gasteiger partial charge in [0.15, 0.2) is 0 Å². The van der Waals surface area contributed by atoms with Gasteiger partial charge in [-0.05, 0) is 12.1 Å². The number of benzene rings is 1. The molecule has 2 heterocycles. The van der Waals surface area contributed by atoms with Crippen LogP contribution in [0.1, 0.15) is 0 Å². The summed E-state index contributed by atoms with van der Waals surface area (Å²) in [7, 11) is 0. The second kappa shape index (κ2) is 2.70. The van der Waals surface area contributed by atoms with Gasteiger partial charge in [0.1, 0.15) is 0 Å². The predicted octanol–water partition coefficient (Wildman–Crippen LogP) is 1.57. The second-order valence-electron chi connectivity index (χ2n) is 3.02. The average molecular weight is 182 g/mol. The third kappa shape index (κ3) is 0.939. The lowest BCUT2D eigenvalue weighted by Gasteiger charge is -1.99. The van der Waals surface area contributed by atoms with E-state index in [0.29, 0.717) is 0 Å². The molecule has 66 valence electrons. The zero-order valence-electron chi connectivity index (χ0n) is 7.25. The minimum Gasteiger partial charge on any atom is -0.159 e. The lowest BCUT2D eigenvalue weighted by molar-refractivity contribution is 1.05. The Balaban J connectivity index is 2.61. The lowest BCUT2D eigenvalue weighted by atomic mass is 10.1. The van der Waals surface area contributed by atoms with E-state index in [1.165, 1.54) is 0 Å². The molecule has 1 aromatic carbocycles. The van der Waals surface area contributed by atoms with Crippen LogP contribution < -0.4 is 0 Å². The van der Waals surface area contributed by atoms with Crippen molar-refractivity contribution >= 4 is 21.7 Å². The number of nitrogens with zero attached hydrogens (tertiary/aromatic N) is 4. The Bertz CT molecular complexity index is 551. The minimum absolute atomic E-state index is 0.882. The van der Waals surface area contributed by atoms with E-state index in [-0.39, 0.29) is 0 Å². The Morgan fingerprint density at radius 2 is 1.71 bits per heavy atom. The summed E-state index contributed by atoms with van der Waals surface area (Å²) in [5.41, 5.74) is 0.882. The molecule has 0 saturated carbocycles. The third-order valence-electron chi connectivity index (χ3n) is 2.22. The van der Waals surface area contributed by atoms with E-state index in [1.807, 2.05) is 18.2 Å². The van der Waals surface area contributed by atoms with Crippen LogP contribution in [0.5, 0.6) is 0 Å². The van der Waals surface area contributed by atoms with Gasteiger partial charge in [-0.2, -0.15) is 20.4 Å². The summed E-state index contributed by atoms with van der Waals surface area (Å²) in [5, 5.41) is 18.8. The highest BCUT2D eigenvalue weighted by Crippen LogP contribution is 2.21. The van der Waals surface area contributed by atoms with E-state index in [4.69, 9.17) is 0 Å². The van der Waals surface area contributed by atoms with Crippen LogP contribution >= 0.6 is 0 Å². The Kier molecular flexibility index (Phi) is 1.41. The van der Waals surface area contributed by atoms with Crippen LogP contribution in [0, 0.1) is 0 Å². The van der Waals surface area contributed by atoms with Crippen molar-refractivity contribution in [2.45, 2.75) is 0 Å². The first-order valence-corrected chi connectivity index (χ1v) is 4.26. The molecule has 0 saturated heterocycles. The number of aromatic nitrogens is 4. The fraction of sp³-hybridized carbons (Fsp3) is 0. The molecule has 0 unspecified atom stereocenters. The number of fused-ring (bicyclic) bond motifs is 3. The standard InChI is InChI=1S/C10H6N4/c1-2-10-8(3-4-11-14-10)9-6-13-12-5-7(1)9/h1-6H. The molecule has 0 radical (unpaired) electrons. The molecule has 4 nitrogen and oxygen atoms in total. The molecule has 0 bridgehead atoms. The first-order chi connectivity index (χ1) is 6.95. The second-order valence-corrected chi connectivity index (χ2v) is 3.02. The Morgan fingerprint density at radius 1 is 0.786 bits per heavy atom. The first kappa shape index (κ1) is 7.32. The van der Waals surface area contributed by atoms with Gasteiger partial charge in [0.25, 0.3) is 0 Å². The van der Waals surface area contributed by atoms with Crippen LogP contribution in [0.15, 0.2) is 36.8 Å². The number of hydrogen-bond acceptors (Lipinski definition) is 4. The van der Waals surface area contributed by atoms with Gasteiger partial charge in [0.2, 0.25) is 0 Å². The van der Waals surface area contributed by atoms with Gasteiger partial charge in [-0.15, -0.1) is 0 Å². The molecule has 0 fully saturated rings. The van der Waals surface area contributed by atoms with Crippen molar-refractivity contribution in [2.24, 2.45) is 0 Å². The summed E-state index contributed by atoms with van der Waals surface area (Å²) >= 11 is 0. The summed E-state index contributed by atoms with van der Waals surface area (Å²) in [4.78, 5) is 0. The molecule has 4 heteroatoms. The summed E-state index contributed by atoms with van der Waals surface area (Å²) in [6, 6.07) is 5.85. The van der Waals surface area contributed by atoms with Crippen LogP contribution in [0.4, 0.5) is 0 Å². The average Bonchev–Trinajstić information content (AvgIpc) is 2.29. The fourth-order valence-corrected chi connectivity index (χ4v) is 1.55. The Morgan fingerprint density at radius 3 is 2.71 bits per heavy atom. The molecule has 0 N–H and O–H groups in total. The molecule has 0 atom stereocenters.